The Bertz CT molecular complexity index is 354. The molecule has 0 aromatic rings. The number of hydrogen-bond acceptors (Lipinski definition) is 6. The molecule has 1 rings (SSSR count). The van der Waals surface area contributed by atoms with E-state index >= 15 is 0 Å². The summed E-state index contributed by atoms with van der Waals surface area (Å²) in [5, 5.41) is 29.4. The number of carbonyl (C=O) groups is 2. The first kappa shape index (κ1) is 16.8. The number of rotatable bonds is 5. The van der Waals surface area contributed by atoms with Gasteiger partial charge in [0.15, 0.2) is 11.7 Å². The third kappa shape index (κ3) is 3.45. The Labute approximate surface area is 116 Å². The van der Waals surface area contributed by atoms with Gasteiger partial charge in [-0.3, -0.25) is 9.59 Å². The Morgan fingerprint density at radius 1 is 1.05 bits per heavy atom. The summed E-state index contributed by atoms with van der Waals surface area (Å²) in [6.07, 6.45) is -2.66. The lowest BCUT2D eigenvalue weighted by atomic mass is 9.83. The van der Waals surface area contributed by atoms with Crippen LogP contribution in [0.4, 0.5) is 0 Å². The molecule has 7 N–H and O–H groups in total. The zero-order valence-corrected chi connectivity index (χ0v) is 11.2. The number of hydrogen-bond donors (Lipinski definition) is 5. The van der Waals surface area contributed by atoms with E-state index in [-0.39, 0.29) is 13.0 Å². The molecule has 0 bridgehead atoms. The molecule has 116 valence electrons. The van der Waals surface area contributed by atoms with E-state index in [2.05, 4.69) is 0 Å². The van der Waals surface area contributed by atoms with Crippen LogP contribution in [0.25, 0.3) is 0 Å². The molecule has 1 heterocycles. The first-order valence-corrected chi connectivity index (χ1v) is 6.60. The van der Waals surface area contributed by atoms with Gasteiger partial charge in [-0.25, -0.2) is 0 Å². The molecular formula is C12H22N2O6. The third-order valence-electron chi connectivity index (χ3n) is 3.64. The van der Waals surface area contributed by atoms with Crippen LogP contribution in [0, 0.1) is 0 Å². The van der Waals surface area contributed by atoms with Crippen molar-refractivity contribution in [2.45, 2.75) is 56.0 Å². The third-order valence-corrected chi connectivity index (χ3v) is 3.64. The largest absolute Gasteiger partial charge is 0.387 e. The highest BCUT2D eigenvalue weighted by Crippen LogP contribution is 2.29. The molecule has 1 saturated heterocycles. The minimum absolute atomic E-state index is 0.103. The molecular weight excluding hydrogens is 268 g/mol. The van der Waals surface area contributed by atoms with E-state index in [1.54, 1.807) is 0 Å². The summed E-state index contributed by atoms with van der Waals surface area (Å²) in [5.41, 5.74) is 8.34. The molecule has 0 spiro atoms. The first-order chi connectivity index (χ1) is 9.33. The van der Waals surface area contributed by atoms with E-state index in [1.807, 2.05) is 0 Å². The molecule has 0 radical (unpaired) electrons. The Balaban J connectivity index is 2.97. The topological polar surface area (TPSA) is 156 Å². The van der Waals surface area contributed by atoms with Crippen LogP contribution >= 0.6 is 0 Å². The minimum atomic E-state index is -2.00. The monoisotopic (exact) mass is 290 g/mol. The SMILES string of the molecule is NC(=O)[C@@H](O)[C@H](O)[C@H](O)[C@@]1(C(N)=O)CCCCCCO1. The number of aliphatic hydroxyl groups excluding tert-OH is 3. The highest BCUT2D eigenvalue weighted by molar-refractivity contribution is 5.85. The van der Waals surface area contributed by atoms with Crippen molar-refractivity contribution in [2.75, 3.05) is 6.61 Å². The fraction of sp³-hybridized carbons (Fsp3) is 0.833. The molecule has 1 fully saturated rings. The Hall–Kier alpha value is -1.22. The molecule has 0 aromatic carbocycles. The number of carbonyl (C=O) groups excluding carboxylic acids is 2. The van der Waals surface area contributed by atoms with E-state index in [0.717, 1.165) is 12.8 Å². The van der Waals surface area contributed by atoms with Gasteiger partial charge < -0.3 is 31.5 Å². The summed E-state index contributed by atoms with van der Waals surface area (Å²) >= 11 is 0. The van der Waals surface area contributed by atoms with Crippen LogP contribution in [-0.2, 0) is 14.3 Å². The van der Waals surface area contributed by atoms with Crippen molar-refractivity contribution in [3.8, 4) is 0 Å². The van der Waals surface area contributed by atoms with Gasteiger partial charge in [0, 0.05) is 6.61 Å². The van der Waals surface area contributed by atoms with E-state index in [0.29, 0.717) is 12.8 Å². The summed E-state index contributed by atoms with van der Waals surface area (Å²) in [6, 6.07) is 0. The van der Waals surface area contributed by atoms with Gasteiger partial charge in [-0.1, -0.05) is 12.8 Å². The first-order valence-electron chi connectivity index (χ1n) is 6.60. The summed E-state index contributed by atoms with van der Waals surface area (Å²) in [4.78, 5) is 22.6. The highest BCUT2D eigenvalue weighted by atomic mass is 16.5. The van der Waals surface area contributed by atoms with Gasteiger partial charge in [-0.2, -0.15) is 0 Å². The minimum Gasteiger partial charge on any atom is -0.387 e. The number of nitrogens with two attached hydrogens (primary N) is 2. The lowest BCUT2D eigenvalue weighted by Gasteiger charge is -2.39. The standard InChI is InChI=1S/C12H22N2O6/c13-10(18)8(16)7(15)9(17)12(11(14)19)5-3-1-2-4-6-20-12/h7-9,15-17H,1-6H2,(H2,13,18)(H2,14,19)/t7-,8-,9-,12+/m0/s1. The van der Waals surface area contributed by atoms with Crippen LogP contribution in [0.3, 0.4) is 0 Å². The van der Waals surface area contributed by atoms with Crippen LogP contribution in [0.2, 0.25) is 0 Å². The van der Waals surface area contributed by atoms with Crippen molar-refractivity contribution in [1.29, 1.82) is 0 Å². The van der Waals surface area contributed by atoms with E-state index in [4.69, 9.17) is 16.2 Å². The van der Waals surface area contributed by atoms with Crippen molar-refractivity contribution in [1.82, 2.24) is 0 Å². The second-order valence-corrected chi connectivity index (χ2v) is 5.05. The molecule has 4 atom stereocenters. The number of aliphatic hydroxyl groups is 3. The van der Waals surface area contributed by atoms with Gasteiger partial charge in [-0.15, -0.1) is 0 Å². The second kappa shape index (κ2) is 6.98. The van der Waals surface area contributed by atoms with Crippen molar-refractivity contribution in [2.24, 2.45) is 11.5 Å². The van der Waals surface area contributed by atoms with Crippen molar-refractivity contribution < 1.29 is 29.6 Å². The predicted octanol–water partition coefficient (Wildman–Crippen LogP) is -2.24. The van der Waals surface area contributed by atoms with E-state index < -0.39 is 35.7 Å². The fourth-order valence-corrected chi connectivity index (χ4v) is 2.36. The molecule has 8 heteroatoms. The molecule has 2 amide bonds. The fourth-order valence-electron chi connectivity index (χ4n) is 2.36. The molecule has 8 nitrogen and oxygen atoms in total. The summed E-state index contributed by atoms with van der Waals surface area (Å²) < 4.78 is 5.40. The predicted molar refractivity (Wildman–Crippen MR) is 68.2 cm³/mol. The average Bonchev–Trinajstić information content (AvgIpc) is 2.36. The van der Waals surface area contributed by atoms with Crippen molar-refractivity contribution >= 4 is 11.8 Å². The Morgan fingerprint density at radius 2 is 1.65 bits per heavy atom. The van der Waals surface area contributed by atoms with E-state index in [1.165, 1.54) is 0 Å². The summed E-state index contributed by atoms with van der Waals surface area (Å²) in [7, 11) is 0. The van der Waals surface area contributed by atoms with Gasteiger partial charge in [0.25, 0.3) is 5.91 Å². The van der Waals surface area contributed by atoms with Crippen LogP contribution in [0.5, 0.6) is 0 Å². The van der Waals surface area contributed by atoms with Gasteiger partial charge in [0.2, 0.25) is 5.91 Å². The molecule has 1 aliphatic rings. The Kier molecular flexibility index (Phi) is 5.88. The van der Waals surface area contributed by atoms with Gasteiger partial charge in [-0.05, 0) is 19.3 Å². The van der Waals surface area contributed by atoms with Crippen LogP contribution in [0.15, 0.2) is 0 Å². The lowest BCUT2D eigenvalue weighted by Crippen LogP contribution is -2.62. The number of primary amides is 2. The lowest BCUT2D eigenvalue weighted by molar-refractivity contribution is -0.192. The quantitative estimate of drug-likeness (QED) is 0.385. The molecule has 1 aliphatic heterocycles. The average molecular weight is 290 g/mol. The molecule has 0 saturated carbocycles. The molecule has 0 aliphatic carbocycles. The van der Waals surface area contributed by atoms with Crippen LogP contribution in [0.1, 0.15) is 32.1 Å². The smallest absolute Gasteiger partial charge is 0.252 e. The van der Waals surface area contributed by atoms with Gasteiger partial charge >= 0.3 is 0 Å². The Morgan fingerprint density at radius 3 is 2.20 bits per heavy atom. The normalized spacial score (nSPS) is 28.8. The number of ether oxygens (including phenoxy) is 1. The van der Waals surface area contributed by atoms with Crippen molar-refractivity contribution in [3.63, 3.8) is 0 Å². The maximum absolute atomic E-state index is 11.7. The zero-order chi connectivity index (χ0) is 15.3. The molecule has 0 aromatic heterocycles. The maximum atomic E-state index is 11.7. The van der Waals surface area contributed by atoms with Gasteiger partial charge in [0.05, 0.1) is 0 Å². The zero-order valence-electron chi connectivity index (χ0n) is 11.2. The second-order valence-electron chi connectivity index (χ2n) is 5.05. The molecule has 20 heavy (non-hydrogen) atoms. The van der Waals surface area contributed by atoms with E-state index in [9.17, 15) is 24.9 Å². The van der Waals surface area contributed by atoms with Gasteiger partial charge in [0.1, 0.15) is 12.2 Å². The maximum Gasteiger partial charge on any atom is 0.252 e. The number of amides is 2. The molecule has 0 unspecified atom stereocenters. The highest BCUT2D eigenvalue weighted by Gasteiger charge is 2.50. The van der Waals surface area contributed by atoms with Crippen LogP contribution in [-0.4, -0.2) is 57.7 Å². The van der Waals surface area contributed by atoms with Crippen LogP contribution < -0.4 is 11.5 Å². The van der Waals surface area contributed by atoms with Crippen molar-refractivity contribution in [3.05, 3.63) is 0 Å². The summed E-state index contributed by atoms with van der Waals surface area (Å²) in [5.74, 6) is -2.15. The summed E-state index contributed by atoms with van der Waals surface area (Å²) in [6.45, 7) is 0.194.